The van der Waals surface area contributed by atoms with Gasteiger partial charge in [0.15, 0.2) is 28.7 Å². The summed E-state index contributed by atoms with van der Waals surface area (Å²) in [4.78, 5) is 2.46. The number of hydrogen-bond donors (Lipinski definition) is 0. The summed E-state index contributed by atoms with van der Waals surface area (Å²) < 4.78 is 35.3. The Labute approximate surface area is 189 Å². The van der Waals surface area contributed by atoms with Gasteiger partial charge in [-0.05, 0) is 31.9 Å². The zero-order chi connectivity index (χ0) is 22.5. The lowest BCUT2D eigenvalue weighted by Crippen LogP contribution is -2.57. The molecule has 32 heavy (non-hydrogen) atoms. The summed E-state index contributed by atoms with van der Waals surface area (Å²) >= 11 is 0. The molecule has 3 aliphatic rings. The van der Waals surface area contributed by atoms with E-state index in [9.17, 15) is 0 Å². The van der Waals surface area contributed by atoms with E-state index in [-0.39, 0.29) is 18.6 Å². The van der Waals surface area contributed by atoms with Gasteiger partial charge in [0.05, 0.1) is 21.3 Å². The number of likely N-dealkylation sites (tertiary alicyclic amines) is 1. The van der Waals surface area contributed by atoms with Crippen LogP contribution < -0.4 is 28.4 Å². The molecule has 0 spiro atoms. The number of nitrogens with zero attached hydrogens (tertiary/aromatic N) is 1. The molecule has 1 fully saturated rings. The first-order valence-electron chi connectivity index (χ1n) is 11.2. The molecule has 0 aromatic heterocycles. The van der Waals surface area contributed by atoms with Gasteiger partial charge in [0.1, 0.15) is 5.75 Å². The fraction of sp³-hybridized carbons (Fsp3) is 0.520. The zero-order valence-electron chi connectivity index (χ0n) is 19.4. The largest absolute Gasteiger partial charge is 0.493 e. The van der Waals surface area contributed by atoms with Crippen molar-refractivity contribution in [1.82, 2.24) is 4.90 Å². The lowest BCUT2D eigenvalue weighted by Gasteiger charge is -2.50. The fourth-order valence-corrected chi connectivity index (χ4v) is 5.48. The third kappa shape index (κ3) is 3.05. The molecule has 0 unspecified atom stereocenters. The molecule has 0 bridgehead atoms. The minimum Gasteiger partial charge on any atom is -0.493 e. The third-order valence-corrected chi connectivity index (χ3v) is 7.31. The topological polar surface area (TPSA) is 58.6 Å². The Balaban J connectivity index is 1.72. The number of benzene rings is 2. The van der Waals surface area contributed by atoms with Crippen molar-refractivity contribution in [3.8, 4) is 34.5 Å². The van der Waals surface area contributed by atoms with Gasteiger partial charge in [0.2, 0.25) is 12.5 Å². The van der Waals surface area contributed by atoms with Gasteiger partial charge >= 0.3 is 0 Å². The van der Waals surface area contributed by atoms with Gasteiger partial charge in [-0.25, -0.2) is 0 Å². The van der Waals surface area contributed by atoms with Gasteiger partial charge in [0.25, 0.3) is 0 Å². The first kappa shape index (κ1) is 21.1. The highest BCUT2D eigenvalue weighted by atomic mass is 16.7. The second-order valence-corrected chi connectivity index (χ2v) is 8.78. The van der Waals surface area contributed by atoms with Crippen molar-refractivity contribution in [3.05, 3.63) is 35.4 Å². The standard InChI is InChI=1S/C25H31NO6/c1-15-22(16-8-9-18(27-3)24(29-5)23(16)28-4)17-12-20-21(31-14-30-20)13-19(17)32-25(15,2)26-10-6-7-11-26/h8-9,12-13,15,22H,6-7,10-11,14H2,1-5H3/t15-,22-,25+/m0/s1. The average molecular weight is 442 g/mol. The van der Waals surface area contributed by atoms with E-state index in [0.717, 1.165) is 41.5 Å². The normalized spacial score (nSPS) is 26.4. The summed E-state index contributed by atoms with van der Waals surface area (Å²) in [5, 5.41) is 0. The fourth-order valence-electron chi connectivity index (χ4n) is 5.48. The van der Waals surface area contributed by atoms with Crippen molar-refractivity contribution < 1.29 is 28.4 Å². The summed E-state index contributed by atoms with van der Waals surface area (Å²) in [7, 11) is 4.94. The Hall–Kier alpha value is -2.80. The second kappa shape index (κ2) is 7.96. The molecule has 0 amide bonds. The van der Waals surface area contributed by atoms with Gasteiger partial charge in [-0.3, -0.25) is 4.90 Å². The highest BCUT2D eigenvalue weighted by molar-refractivity contribution is 5.62. The molecule has 1 saturated heterocycles. The van der Waals surface area contributed by atoms with E-state index in [2.05, 4.69) is 30.9 Å². The van der Waals surface area contributed by atoms with E-state index in [0.29, 0.717) is 17.2 Å². The molecule has 0 saturated carbocycles. The van der Waals surface area contributed by atoms with Crippen LogP contribution in [-0.2, 0) is 0 Å². The molecule has 0 aliphatic carbocycles. The minimum absolute atomic E-state index is 0.00592. The Morgan fingerprint density at radius 1 is 0.875 bits per heavy atom. The summed E-state index contributed by atoms with van der Waals surface area (Å²) in [6.07, 6.45) is 2.37. The van der Waals surface area contributed by atoms with E-state index in [1.54, 1.807) is 21.3 Å². The van der Waals surface area contributed by atoms with Gasteiger partial charge < -0.3 is 28.4 Å². The summed E-state index contributed by atoms with van der Waals surface area (Å²) in [5.74, 6) is 4.32. The molecule has 3 atom stereocenters. The lowest BCUT2D eigenvalue weighted by molar-refractivity contribution is -0.114. The van der Waals surface area contributed by atoms with E-state index in [4.69, 9.17) is 28.4 Å². The maximum atomic E-state index is 6.76. The molecule has 3 heterocycles. The summed E-state index contributed by atoms with van der Waals surface area (Å²) in [6, 6.07) is 8.04. The van der Waals surface area contributed by atoms with Gasteiger partial charge in [-0.1, -0.05) is 13.0 Å². The van der Waals surface area contributed by atoms with Crippen molar-refractivity contribution in [1.29, 1.82) is 0 Å². The van der Waals surface area contributed by atoms with Crippen LogP contribution in [0.15, 0.2) is 24.3 Å². The second-order valence-electron chi connectivity index (χ2n) is 8.78. The molecule has 3 aliphatic heterocycles. The maximum Gasteiger partial charge on any atom is 0.231 e. The molecular formula is C25H31NO6. The molecule has 172 valence electrons. The van der Waals surface area contributed by atoms with E-state index in [1.807, 2.05) is 12.1 Å². The van der Waals surface area contributed by atoms with Crippen molar-refractivity contribution in [2.24, 2.45) is 5.92 Å². The van der Waals surface area contributed by atoms with Crippen molar-refractivity contribution in [2.45, 2.75) is 38.3 Å². The first-order chi connectivity index (χ1) is 15.5. The number of fused-ring (bicyclic) bond motifs is 2. The summed E-state index contributed by atoms with van der Waals surface area (Å²) in [6.45, 7) is 6.73. The maximum absolute atomic E-state index is 6.76. The first-order valence-corrected chi connectivity index (χ1v) is 11.2. The van der Waals surface area contributed by atoms with Crippen molar-refractivity contribution in [3.63, 3.8) is 0 Å². The SMILES string of the molecule is COc1ccc([C@H]2c3cc4c(cc3O[C@@](C)(N3CCCC3)[C@H]2C)OCO4)c(OC)c1OC. The number of ether oxygens (including phenoxy) is 6. The van der Waals surface area contributed by atoms with E-state index < -0.39 is 5.72 Å². The Kier molecular flexibility index (Phi) is 5.24. The molecule has 2 aromatic carbocycles. The van der Waals surface area contributed by atoms with Crippen LogP contribution in [0.4, 0.5) is 0 Å². The molecule has 7 heteroatoms. The minimum atomic E-state index is -0.472. The van der Waals surface area contributed by atoms with Crippen LogP contribution in [0.5, 0.6) is 34.5 Å². The Morgan fingerprint density at radius 3 is 2.22 bits per heavy atom. The van der Waals surface area contributed by atoms with Crippen molar-refractivity contribution >= 4 is 0 Å². The molecule has 0 N–H and O–H groups in total. The highest BCUT2D eigenvalue weighted by Gasteiger charge is 2.50. The monoisotopic (exact) mass is 441 g/mol. The Bertz CT molecular complexity index is 1020. The number of rotatable bonds is 5. The zero-order valence-corrected chi connectivity index (χ0v) is 19.4. The molecule has 2 aromatic rings. The average Bonchev–Trinajstić information content (AvgIpc) is 3.50. The van der Waals surface area contributed by atoms with Crippen LogP contribution >= 0.6 is 0 Å². The lowest BCUT2D eigenvalue weighted by atomic mass is 9.73. The predicted molar refractivity (Wildman–Crippen MR) is 120 cm³/mol. The van der Waals surface area contributed by atoms with Crippen LogP contribution in [0.3, 0.4) is 0 Å². The van der Waals surface area contributed by atoms with Crippen LogP contribution in [-0.4, -0.2) is 51.8 Å². The van der Waals surface area contributed by atoms with Crippen LogP contribution in [0, 0.1) is 5.92 Å². The van der Waals surface area contributed by atoms with Crippen LogP contribution in [0.2, 0.25) is 0 Å². The Morgan fingerprint density at radius 2 is 1.56 bits per heavy atom. The van der Waals surface area contributed by atoms with Crippen molar-refractivity contribution in [2.75, 3.05) is 41.2 Å². The van der Waals surface area contributed by atoms with E-state index >= 15 is 0 Å². The van der Waals surface area contributed by atoms with Crippen LogP contribution in [0.25, 0.3) is 0 Å². The van der Waals surface area contributed by atoms with E-state index in [1.165, 1.54) is 12.8 Å². The van der Waals surface area contributed by atoms with Gasteiger partial charge in [-0.2, -0.15) is 0 Å². The van der Waals surface area contributed by atoms with Gasteiger partial charge in [-0.15, -0.1) is 0 Å². The third-order valence-electron chi connectivity index (χ3n) is 7.31. The van der Waals surface area contributed by atoms with Gasteiger partial charge in [0, 0.05) is 42.1 Å². The molecule has 7 nitrogen and oxygen atoms in total. The molecular weight excluding hydrogens is 410 g/mol. The number of methoxy groups -OCH3 is 3. The number of hydrogen-bond acceptors (Lipinski definition) is 7. The summed E-state index contributed by atoms with van der Waals surface area (Å²) in [5.41, 5.74) is 1.62. The smallest absolute Gasteiger partial charge is 0.231 e. The quantitative estimate of drug-likeness (QED) is 0.681. The molecule has 5 rings (SSSR count). The predicted octanol–water partition coefficient (Wildman–Crippen LogP) is 4.41. The van der Waals surface area contributed by atoms with Crippen LogP contribution in [0.1, 0.15) is 43.7 Å². The molecule has 0 radical (unpaired) electrons. The highest BCUT2D eigenvalue weighted by Crippen LogP contribution is 2.56.